The minimum atomic E-state index is -1.83. The Hall–Kier alpha value is -3.65. The van der Waals surface area contributed by atoms with Gasteiger partial charge >= 0.3 is 6.16 Å². The highest BCUT2D eigenvalue weighted by Crippen LogP contribution is 2.38. The molecule has 2 saturated carbocycles. The summed E-state index contributed by atoms with van der Waals surface area (Å²) in [5.41, 5.74) is 3.95. The van der Waals surface area contributed by atoms with Crippen molar-refractivity contribution < 1.29 is 19.8 Å². The van der Waals surface area contributed by atoms with Crippen LogP contribution < -0.4 is 10.9 Å². The zero-order chi connectivity index (χ0) is 27.1. The Bertz CT molecular complexity index is 1310. The molecule has 1 aromatic heterocycles. The fourth-order valence-corrected chi connectivity index (χ4v) is 5.27. The van der Waals surface area contributed by atoms with Crippen molar-refractivity contribution in [3.8, 4) is 0 Å². The van der Waals surface area contributed by atoms with Crippen LogP contribution in [0.4, 0.5) is 10.5 Å². The van der Waals surface area contributed by atoms with Gasteiger partial charge in [0.1, 0.15) is 5.15 Å². The first-order valence-electron chi connectivity index (χ1n) is 12.9. The molecular formula is C29H32ClN3O5. The summed E-state index contributed by atoms with van der Waals surface area (Å²) in [5.74, 6) is 1.04. The van der Waals surface area contributed by atoms with Crippen LogP contribution in [0.2, 0.25) is 5.15 Å². The maximum atomic E-state index is 13.5. The number of carboxylic acid groups (broad SMARTS) is 2. The number of rotatable bonds is 8. The molecule has 0 radical (unpaired) electrons. The average Bonchev–Trinajstić information content (AvgIpc) is 3.52. The van der Waals surface area contributed by atoms with Gasteiger partial charge in [0.2, 0.25) is 5.91 Å². The molecule has 2 aliphatic carbocycles. The minimum absolute atomic E-state index is 0.0657. The van der Waals surface area contributed by atoms with E-state index in [9.17, 15) is 9.59 Å². The molecule has 1 amide bonds. The second-order valence-electron chi connectivity index (χ2n) is 10.0. The van der Waals surface area contributed by atoms with E-state index in [1.165, 1.54) is 48.1 Å². The van der Waals surface area contributed by atoms with Crippen LogP contribution in [0.3, 0.4) is 0 Å². The summed E-state index contributed by atoms with van der Waals surface area (Å²) in [5, 5.41) is 21.5. The van der Waals surface area contributed by atoms with Gasteiger partial charge in [-0.05, 0) is 78.8 Å². The van der Waals surface area contributed by atoms with Gasteiger partial charge in [0, 0.05) is 11.8 Å². The molecule has 0 spiro atoms. The molecule has 1 atom stereocenters. The van der Waals surface area contributed by atoms with Crippen molar-refractivity contribution >= 4 is 29.4 Å². The lowest BCUT2D eigenvalue weighted by Gasteiger charge is -2.23. The summed E-state index contributed by atoms with van der Waals surface area (Å²) in [7, 11) is 0. The Labute approximate surface area is 226 Å². The van der Waals surface area contributed by atoms with Gasteiger partial charge < -0.3 is 15.5 Å². The first kappa shape index (κ1) is 27.4. The SMILES string of the molecule is O=C(Nc1cccc(CC2CC2)c1)C(c1ccc(Cn2nc(Cl)ccc2=O)cc1)C1CCCC1.O=C(O)O. The average molecular weight is 538 g/mol. The van der Waals surface area contributed by atoms with Crippen molar-refractivity contribution in [1.29, 1.82) is 0 Å². The number of benzene rings is 2. The zero-order valence-electron chi connectivity index (χ0n) is 21.1. The number of amides is 1. The van der Waals surface area contributed by atoms with E-state index in [1.807, 2.05) is 36.4 Å². The highest BCUT2D eigenvalue weighted by molar-refractivity contribution is 6.29. The zero-order valence-corrected chi connectivity index (χ0v) is 21.8. The number of nitrogens with one attached hydrogen (secondary N) is 1. The lowest BCUT2D eigenvalue weighted by Crippen LogP contribution is -2.26. The molecule has 3 N–H and O–H groups in total. The van der Waals surface area contributed by atoms with Gasteiger partial charge in [0.05, 0.1) is 12.5 Å². The molecule has 3 aromatic rings. The Morgan fingerprint density at radius 3 is 2.32 bits per heavy atom. The summed E-state index contributed by atoms with van der Waals surface area (Å²) in [4.78, 5) is 34.1. The highest BCUT2D eigenvalue weighted by Gasteiger charge is 2.32. The van der Waals surface area contributed by atoms with E-state index in [0.717, 1.165) is 42.0 Å². The van der Waals surface area contributed by atoms with Gasteiger partial charge in [0.15, 0.2) is 0 Å². The van der Waals surface area contributed by atoms with Gasteiger partial charge in [0.25, 0.3) is 5.56 Å². The van der Waals surface area contributed by atoms with Crippen molar-refractivity contribution in [2.24, 2.45) is 11.8 Å². The van der Waals surface area contributed by atoms with Crippen LogP contribution >= 0.6 is 11.6 Å². The standard InChI is InChI=1S/C28H30ClN3O2.CH2O3/c29-25-14-15-26(33)32(31-25)18-20-10-12-23(13-11-20)27(22-5-1-2-6-22)28(34)30-24-7-3-4-21(17-24)16-19-8-9-19;2-1(3)4/h3-4,7,10-15,17,19,22,27H,1-2,5-6,8-9,16,18H2,(H,30,34);(H2,2,3,4). The number of carbonyl (C=O) groups excluding carboxylic acids is 1. The molecule has 1 heterocycles. The summed E-state index contributed by atoms with van der Waals surface area (Å²) >= 11 is 5.95. The molecule has 0 aliphatic heterocycles. The Morgan fingerprint density at radius 1 is 0.974 bits per heavy atom. The van der Waals surface area contributed by atoms with Crippen molar-refractivity contribution in [1.82, 2.24) is 9.78 Å². The van der Waals surface area contributed by atoms with Crippen molar-refractivity contribution in [3.63, 3.8) is 0 Å². The second kappa shape index (κ2) is 12.7. The van der Waals surface area contributed by atoms with E-state index in [0.29, 0.717) is 12.5 Å². The number of halogens is 1. The molecular weight excluding hydrogens is 506 g/mol. The van der Waals surface area contributed by atoms with Crippen LogP contribution in [-0.2, 0) is 17.8 Å². The molecule has 8 nitrogen and oxygen atoms in total. The predicted octanol–water partition coefficient (Wildman–Crippen LogP) is 6.03. The first-order valence-corrected chi connectivity index (χ1v) is 13.3. The lowest BCUT2D eigenvalue weighted by atomic mass is 9.83. The largest absolute Gasteiger partial charge is 0.503 e. The van der Waals surface area contributed by atoms with E-state index in [1.54, 1.807) is 0 Å². The van der Waals surface area contributed by atoms with Crippen molar-refractivity contribution in [3.05, 3.63) is 92.9 Å². The van der Waals surface area contributed by atoms with Crippen LogP contribution in [0.25, 0.3) is 0 Å². The van der Waals surface area contributed by atoms with Crippen molar-refractivity contribution in [2.75, 3.05) is 5.32 Å². The van der Waals surface area contributed by atoms with E-state index in [2.05, 4.69) is 22.5 Å². The van der Waals surface area contributed by atoms with Gasteiger partial charge in [-0.25, -0.2) is 9.48 Å². The van der Waals surface area contributed by atoms with Crippen LogP contribution in [-0.4, -0.2) is 32.1 Å². The number of nitrogens with zero attached hydrogens (tertiary/aromatic N) is 2. The van der Waals surface area contributed by atoms with Crippen LogP contribution in [0, 0.1) is 11.8 Å². The lowest BCUT2D eigenvalue weighted by molar-refractivity contribution is -0.118. The quantitative estimate of drug-likeness (QED) is 0.322. The third-order valence-electron chi connectivity index (χ3n) is 7.07. The second-order valence-corrected chi connectivity index (χ2v) is 10.4. The fourth-order valence-electron chi connectivity index (χ4n) is 5.12. The van der Waals surface area contributed by atoms with Gasteiger partial charge in [-0.15, -0.1) is 0 Å². The number of hydrogen-bond donors (Lipinski definition) is 3. The summed E-state index contributed by atoms with van der Waals surface area (Å²) in [6.45, 7) is 0.341. The van der Waals surface area contributed by atoms with Crippen LogP contribution in [0.5, 0.6) is 0 Å². The first-order chi connectivity index (χ1) is 18.3. The van der Waals surface area contributed by atoms with E-state index in [-0.39, 0.29) is 22.5 Å². The maximum absolute atomic E-state index is 13.5. The van der Waals surface area contributed by atoms with Gasteiger partial charge in [-0.2, -0.15) is 5.10 Å². The molecule has 38 heavy (non-hydrogen) atoms. The minimum Gasteiger partial charge on any atom is -0.450 e. The Balaban J connectivity index is 0.000000786. The Kier molecular flexibility index (Phi) is 9.18. The Morgan fingerprint density at radius 2 is 1.66 bits per heavy atom. The number of aromatic nitrogens is 2. The van der Waals surface area contributed by atoms with Crippen LogP contribution in [0.1, 0.15) is 61.1 Å². The molecule has 1 unspecified atom stereocenters. The topological polar surface area (TPSA) is 122 Å². The normalized spacial score (nSPS) is 15.8. The monoisotopic (exact) mass is 537 g/mol. The molecule has 200 valence electrons. The predicted molar refractivity (Wildman–Crippen MR) is 146 cm³/mol. The molecule has 9 heteroatoms. The molecule has 2 aliphatic rings. The van der Waals surface area contributed by atoms with Gasteiger partial charge in [-0.1, -0.05) is 60.8 Å². The number of carbonyl (C=O) groups is 2. The summed E-state index contributed by atoms with van der Waals surface area (Å²) in [6.07, 6.45) is 6.39. The summed E-state index contributed by atoms with van der Waals surface area (Å²) in [6, 6.07) is 19.2. The third kappa shape index (κ3) is 7.92. The van der Waals surface area contributed by atoms with Crippen LogP contribution in [0.15, 0.2) is 65.5 Å². The smallest absolute Gasteiger partial charge is 0.450 e. The highest BCUT2D eigenvalue weighted by atomic mass is 35.5. The molecule has 0 bridgehead atoms. The molecule has 5 rings (SSSR count). The molecule has 2 aromatic carbocycles. The molecule has 2 fully saturated rings. The fraction of sp³-hybridized carbons (Fsp3) is 0.379. The number of hydrogen-bond acceptors (Lipinski definition) is 4. The van der Waals surface area contributed by atoms with E-state index < -0.39 is 6.16 Å². The van der Waals surface area contributed by atoms with E-state index in [4.69, 9.17) is 26.6 Å². The summed E-state index contributed by atoms with van der Waals surface area (Å²) < 4.78 is 1.35. The van der Waals surface area contributed by atoms with E-state index >= 15 is 0 Å². The van der Waals surface area contributed by atoms with Crippen molar-refractivity contribution in [2.45, 2.75) is 57.4 Å². The number of anilines is 1. The maximum Gasteiger partial charge on any atom is 0.503 e. The molecule has 0 saturated heterocycles. The third-order valence-corrected chi connectivity index (χ3v) is 7.28. The van der Waals surface area contributed by atoms with Gasteiger partial charge in [-0.3, -0.25) is 9.59 Å².